The summed E-state index contributed by atoms with van der Waals surface area (Å²) in [6.07, 6.45) is 0.742. The first-order valence-corrected chi connectivity index (χ1v) is 6.95. The summed E-state index contributed by atoms with van der Waals surface area (Å²) < 4.78 is 26.6. The summed E-state index contributed by atoms with van der Waals surface area (Å²) >= 11 is 1.38. The van der Waals surface area contributed by atoms with Crippen LogP contribution in [0.2, 0.25) is 0 Å². The van der Waals surface area contributed by atoms with Gasteiger partial charge in [0.1, 0.15) is 11.6 Å². The summed E-state index contributed by atoms with van der Waals surface area (Å²) in [5, 5.41) is 0.0751. The Bertz CT molecular complexity index is 531. The summed E-state index contributed by atoms with van der Waals surface area (Å²) in [5.41, 5.74) is 6.71. The number of thioether (sulfide) groups is 1. The average Bonchev–Trinajstić information content (AvgIpc) is 2.42. The maximum atomic E-state index is 13.7. The summed E-state index contributed by atoms with van der Waals surface area (Å²) in [4.78, 5) is 0.448. The van der Waals surface area contributed by atoms with Crippen molar-refractivity contribution in [3.8, 4) is 0 Å². The molecule has 0 saturated heterocycles. The van der Waals surface area contributed by atoms with Crippen LogP contribution in [-0.2, 0) is 0 Å². The van der Waals surface area contributed by atoms with Crippen LogP contribution in [0.25, 0.3) is 0 Å². The van der Waals surface area contributed by atoms with Crippen LogP contribution < -0.4 is 5.73 Å². The molecule has 0 fully saturated rings. The Morgan fingerprint density at radius 2 is 1.79 bits per heavy atom. The molecule has 19 heavy (non-hydrogen) atoms. The minimum absolute atomic E-state index is 0.0751. The Morgan fingerprint density at radius 3 is 2.42 bits per heavy atom. The Labute approximate surface area is 115 Å². The number of benzene rings is 2. The first-order valence-electron chi connectivity index (χ1n) is 6.07. The zero-order valence-corrected chi connectivity index (χ0v) is 11.2. The summed E-state index contributed by atoms with van der Waals surface area (Å²) in [6, 6.07) is 13.5. The highest BCUT2D eigenvalue weighted by molar-refractivity contribution is 7.99. The van der Waals surface area contributed by atoms with E-state index >= 15 is 0 Å². The molecule has 0 heterocycles. The topological polar surface area (TPSA) is 26.0 Å². The monoisotopic (exact) mass is 279 g/mol. The van der Waals surface area contributed by atoms with Crippen molar-refractivity contribution in [2.24, 2.45) is 5.73 Å². The van der Waals surface area contributed by atoms with E-state index < -0.39 is 11.6 Å². The van der Waals surface area contributed by atoms with Gasteiger partial charge in [0.15, 0.2) is 0 Å². The van der Waals surface area contributed by atoms with Crippen molar-refractivity contribution in [3.05, 3.63) is 65.7 Å². The SMILES string of the molecule is NCCC(Sc1ccc(F)cc1F)c1ccccc1. The fourth-order valence-electron chi connectivity index (χ4n) is 1.84. The molecule has 100 valence electrons. The first kappa shape index (κ1) is 14.0. The van der Waals surface area contributed by atoms with Crippen LogP contribution in [-0.4, -0.2) is 6.54 Å². The number of halogens is 2. The predicted octanol–water partition coefficient (Wildman–Crippen LogP) is 4.15. The number of hydrogen-bond donors (Lipinski definition) is 1. The van der Waals surface area contributed by atoms with Gasteiger partial charge in [-0.2, -0.15) is 0 Å². The van der Waals surface area contributed by atoms with Crippen molar-refractivity contribution in [2.45, 2.75) is 16.6 Å². The molecule has 2 aromatic rings. The van der Waals surface area contributed by atoms with Gasteiger partial charge in [0.05, 0.1) is 0 Å². The quantitative estimate of drug-likeness (QED) is 0.832. The molecule has 0 spiro atoms. The molecular formula is C15H15F2NS. The molecule has 1 unspecified atom stereocenters. The van der Waals surface area contributed by atoms with Gasteiger partial charge in [0, 0.05) is 16.2 Å². The standard InChI is InChI=1S/C15H15F2NS/c16-12-6-7-15(13(17)10-12)19-14(8-9-18)11-4-2-1-3-5-11/h1-7,10,14H,8-9,18H2. The molecule has 0 aliphatic rings. The third-order valence-electron chi connectivity index (χ3n) is 2.76. The number of rotatable bonds is 5. The van der Waals surface area contributed by atoms with Gasteiger partial charge < -0.3 is 5.73 Å². The van der Waals surface area contributed by atoms with Gasteiger partial charge in [-0.1, -0.05) is 30.3 Å². The fraction of sp³-hybridized carbons (Fsp3) is 0.200. The molecule has 0 bridgehead atoms. The van der Waals surface area contributed by atoms with Crippen LogP contribution in [0.15, 0.2) is 53.4 Å². The molecule has 0 amide bonds. The lowest BCUT2D eigenvalue weighted by Crippen LogP contribution is -2.05. The minimum atomic E-state index is -0.558. The second kappa shape index (κ2) is 6.68. The van der Waals surface area contributed by atoms with Crippen molar-refractivity contribution in [3.63, 3.8) is 0 Å². The van der Waals surface area contributed by atoms with Gasteiger partial charge in [-0.15, -0.1) is 11.8 Å². The number of hydrogen-bond acceptors (Lipinski definition) is 2. The zero-order chi connectivity index (χ0) is 13.7. The molecule has 0 radical (unpaired) electrons. The molecule has 1 nitrogen and oxygen atoms in total. The molecule has 2 aromatic carbocycles. The molecule has 2 N–H and O–H groups in total. The van der Waals surface area contributed by atoms with E-state index in [-0.39, 0.29) is 5.25 Å². The van der Waals surface area contributed by atoms with Crippen molar-refractivity contribution in [1.29, 1.82) is 0 Å². The van der Waals surface area contributed by atoms with E-state index in [2.05, 4.69) is 0 Å². The Hall–Kier alpha value is -1.39. The second-order valence-electron chi connectivity index (χ2n) is 4.17. The van der Waals surface area contributed by atoms with E-state index in [1.54, 1.807) is 0 Å². The van der Waals surface area contributed by atoms with Gasteiger partial charge in [0.2, 0.25) is 0 Å². The third kappa shape index (κ3) is 3.78. The van der Waals surface area contributed by atoms with Crippen LogP contribution >= 0.6 is 11.8 Å². The van der Waals surface area contributed by atoms with Crippen molar-refractivity contribution in [1.82, 2.24) is 0 Å². The normalized spacial score (nSPS) is 12.4. The maximum absolute atomic E-state index is 13.7. The third-order valence-corrected chi connectivity index (χ3v) is 4.14. The molecule has 0 saturated carbocycles. The van der Waals surface area contributed by atoms with Gasteiger partial charge in [-0.05, 0) is 30.7 Å². The highest BCUT2D eigenvalue weighted by Crippen LogP contribution is 2.38. The Morgan fingerprint density at radius 1 is 1.05 bits per heavy atom. The van der Waals surface area contributed by atoms with Crippen LogP contribution in [0.3, 0.4) is 0 Å². The fourth-order valence-corrected chi connectivity index (χ4v) is 3.01. The van der Waals surface area contributed by atoms with E-state index in [0.29, 0.717) is 11.4 Å². The zero-order valence-electron chi connectivity index (χ0n) is 10.4. The van der Waals surface area contributed by atoms with Gasteiger partial charge >= 0.3 is 0 Å². The van der Waals surface area contributed by atoms with Crippen molar-refractivity contribution in [2.75, 3.05) is 6.54 Å². The average molecular weight is 279 g/mol. The van der Waals surface area contributed by atoms with Crippen LogP contribution in [0.5, 0.6) is 0 Å². The van der Waals surface area contributed by atoms with E-state index in [1.807, 2.05) is 30.3 Å². The lowest BCUT2D eigenvalue weighted by atomic mass is 10.1. The molecule has 4 heteroatoms. The molecule has 0 aromatic heterocycles. The van der Waals surface area contributed by atoms with E-state index in [1.165, 1.54) is 23.9 Å². The number of nitrogens with two attached hydrogens (primary N) is 1. The van der Waals surface area contributed by atoms with E-state index in [4.69, 9.17) is 5.73 Å². The molecule has 0 aliphatic carbocycles. The summed E-state index contributed by atoms with van der Waals surface area (Å²) in [5.74, 6) is -1.08. The van der Waals surface area contributed by atoms with E-state index in [9.17, 15) is 8.78 Å². The first-order chi connectivity index (χ1) is 9.20. The molecule has 2 rings (SSSR count). The summed E-state index contributed by atoms with van der Waals surface area (Å²) in [7, 11) is 0. The van der Waals surface area contributed by atoms with Gasteiger partial charge in [0.25, 0.3) is 0 Å². The molecular weight excluding hydrogens is 264 g/mol. The predicted molar refractivity (Wildman–Crippen MR) is 75.1 cm³/mol. The molecule has 1 atom stereocenters. The smallest absolute Gasteiger partial charge is 0.139 e. The minimum Gasteiger partial charge on any atom is -0.330 e. The highest BCUT2D eigenvalue weighted by atomic mass is 32.2. The second-order valence-corrected chi connectivity index (χ2v) is 5.41. The Balaban J connectivity index is 2.21. The largest absolute Gasteiger partial charge is 0.330 e. The summed E-state index contributed by atoms with van der Waals surface area (Å²) in [6.45, 7) is 0.523. The lowest BCUT2D eigenvalue weighted by Gasteiger charge is -2.16. The van der Waals surface area contributed by atoms with Crippen molar-refractivity contribution >= 4 is 11.8 Å². The highest BCUT2D eigenvalue weighted by Gasteiger charge is 2.15. The maximum Gasteiger partial charge on any atom is 0.139 e. The van der Waals surface area contributed by atoms with Crippen LogP contribution in [0, 0.1) is 11.6 Å². The van der Waals surface area contributed by atoms with Gasteiger partial charge in [-0.25, -0.2) is 8.78 Å². The van der Waals surface area contributed by atoms with Crippen molar-refractivity contribution < 1.29 is 8.78 Å². The van der Waals surface area contributed by atoms with Crippen LogP contribution in [0.4, 0.5) is 8.78 Å². The van der Waals surface area contributed by atoms with Gasteiger partial charge in [-0.3, -0.25) is 0 Å². The van der Waals surface area contributed by atoms with Crippen LogP contribution in [0.1, 0.15) is 17.2 Å². The van der Waals surface area contributed by atoms with E-state index in [0.717, 1.165) is 18.1 Å². The lowest BCUT2D eigenvalue weighted by molar-refractivity contribution is 0.565. The Kier molecular flexibility index (Phi) is 4.93. The molecule has 0 aliphatic heterocycles.